The summed E-state index contributed by atoms with van der Waals surface area (Å²) in [5, 5.41) is 0.592. The van der Waals surface area contributed by atoms with E-state index in [1.54, 1.807) is 41.6 Å². The SMILES string of the molecule is C[C@@H](c1nc2cccc(Cl)c2c(=O)n1C1CCN(CC(F)F)CC1)N(C)C(=O)OC1c2ccccc2-c2ccccc21. The number of carbonyl (C=O) groups is 1. The van der Waals surface area contributed by atoms with Gasteiger partial charge in [0.25, 0.3) is 12.0 Å². The van der Waals surface area contributed by atoms with Crippen LogP contribution in [0.15, 0.2) is 71.5 Å². The molecule has 42 heavy (non-hydrogen) atoms. The molecular formula is C32H31ClF2N4O3. The molecular weight excluding hydrogens is 562 g/mol. The Morgan fingerprint density at radius 1 is 1.02 bits per heavy atom. The summed E-state index contributed by atoms with van der Waals surface area (Å²) in [7, 11) is 1.63. The largest absolute Gasteiger partial charge is 0.436 e. The van der Waals surface area contributed by atoms with E-state index >= 15 is 0 Å². The van der Waals surface area contributed by atoms with Gasteiger partial charge in [0, 0.05) is 37.3 Å². The second kappa shape index (κ2) is 11.5. The zero-order valence-corrected chi connectivity index (χ0v) is 24.1. The minimum atomic E-state index is -2.42. The van der Waals surface area contributed by atoms with E-state index in [-0.39, 0.29) is 18.1 Å². The van der Waals surface area contributed by atoms with Crippen LogP contribution in [0.1, 0.15) is 54.9 Å². The van der Waals surface area contributed by atoms with Crippen molar-refractivity contribution in [3.05, 3.63) is 99.1 Å². The third-order valence-electron chi connectivity index (χ3n) is 8.46. The number of aromatic nitrogens is 2. The van der Waals surface area contributed by atoms with E-state index in [9.17, 15) is 18.4 Å². The molecule has 0 radical (unpaired) electrons. The molecule has 2 heterocycles. The Labute approximate surface area is 247 Å². The number of fused-ring (bicyclic) bond motifs is 4. The fraction of sp³-hybridized carbons (Fsp3) is 0.344. The first kappa shape index (κ1) is 28.3. The highest BCUT2D eigenvalue weighted by Gasteiger charge is 2.35. The zero-order chi connectivity index (χ0) is 29.5. The van der Waals surface area contributed by atoms with Crippen molar-refractivity contribution < 1.29 is 18.3 Å². The summed E-state index contributed by atoms with van der Waals surface area (Å²) in [6.45, 7) is 2.36. The predicted molar refractivity (Wildman–Crippen MR) is 158 cm³/mol. The molecule has 6 rings (SSSR count). The van der Waals surface area contributed by atoms with Gasteiger partial charge in [-0.15, -0.1) is 0 Å². The molecule has 1 amide bonds. The van der Waals surface area contributed by atoms with Crippen molar-refractivity contribution in [1.29, 1.82) is 0 Å². The van der Waals surface area contributed by atoms with Crippen molar-refractivity contribution in [3.63, 3.8) is 0 Å². The van der Waals surface area contributed by atoms with Crippen molar-refractivity contribution in [2.24, 2.45) is 0 Å². The standard InChI is InChI=1S/C32H31ClF2N4O3/c1-19(37(2)32(41)42-29-23-10-5-3-8-21(23)22-9-4-6-11-24(22)29)30-36-26-13-7-12-25(33)28(26)31(40)39(30)20-14-16-38(17-15-20)18-27(34)35/h3-13,19-20,27,29H,14-18H2,1-2H3/t19-/m0/s1. The smallest absolute Gasteiger partial charge is 0.411 e. The third kappa shape index (κ3) is 5.05. The number of rotatable bonds is 6. The van der Waals surface area contributed by atoms with Crippen LogP contribution in [0.3, 0.4) is 0 Å². The van der Waals surface area contributed by atoms with Crippen LogP contribution in [0.2, 0.25) is 5.02 Å². The Bertz CT molecular complexity index is 1660. The van der Waals surface area contributed by atoms with Gasteiger partial charge in [0.15, 0.2) is 6.10 Å². The quantitative estimate of drug-likeness (QED) is 0.245. The molecule has 1 fully saturated rings. The molecule has 1 aliphatic carbocycles. The van der Waals surface area contributed by atoms with Crippen molar-refractivity contribution in [1.82, 2.24) is 19.4 Å². The van der Waals surface area contributed by atoms with Crippen molar-refractivity contribution in [2.45, 2.75) is 44.4 Å². The zero-order valence-electron chi connectivity index (χ0n) is 23.3. The van der Waals surface area contributed by atoms with Gasteiger partial charge in [-0.2, -0.15) is 0 Å². The van der Waals surface area contributed by atoms with Gasteiger partial charge in [-0.1, -0.05) is 66.2 Å². The van der Waals surface area contributed by atoms with Crippen LogP contribution >= 0.6 is 11.6 Å². The van der Waals surface area contributed by atoms with Crippen LogP contribution in [-0.2, 0) is 4.74 Å². The number of hydrogen-bond acceptors (Lipinski definition) is 5. The number of nitrogens with zero attached hydrogens (tertiary/aromatic N) is 4. The molecule has 218 valence electrons. The first-order chi connectivity index (χ1) is 20.2. The topological polar surface area (TPSA) is 67.7 Å². The summed E-state index contributed by atoms with van der Waals surface area (Å²) < 4.78 is 33.7. The molecule has 10 heteroatoms. The van der Waals surface area contributed by atoms with Crippen LogP contribution in [0.25, 0.3) is 22.0 Å². The second-order valence-electron chi connectivity index (χ2n) is 10.9. The fourth-order valence-corrected chi connectivity index (χ4v) is 6.42. The highest BCUT2D eigenvalue weighted by molar-refractivity contribution is 6.35. The molecule has 0 saturated carbocycles. The van der Waals surface area contributed by atoms with Crippen LogP contribution in [0.5, 0.6) is 0 Å². The minimum Gasteiger partial charge on any atom is -0.436 e. The minimum absolute atomic E-state index is 0.282. The lowest BCUT2D eigenvalue weighted by Gasteiger charge is -2.35. The van der Waals surface area contributed by atoms with Gasteiger partial charge in [-0.05, 0) is 43.0 Å². The fourth-order valence-electron chi connectivity index (χ4n) is 6.17. The first-order valence-electron chi connectivity index (χ1n) is 14.1. The highest BCUT2D eigenvalue weighted by atomic mass is 35.5. The molecule has 0 unspecified atom stereocenters. The van der Waals surface area contributed by atoms with Crippen LogP contribution in [0, 0.1) is 0 Å². The molecule has 7 nitrogen and oxygen atoms in total. The normalized spacial score (nSPS) is 16.4. The monoisotopic (exact) mass is 592 g/mol. The number of halogens is 3. The predicted octanol–water partition coefficient (Wildman–Crippen LogP) is 6.85. The van der Waals surface area contributed by atoms with Crippen molar-refractivity contribution in [2.75, 3.05) is 26.7 Å². The second-order valence-corrected chi connectivity index (χ2v) is 11.3. The van der Waals surface area contributed by atoms with Gasteiger partial charge in [-0.3, -0.25) is 14.3 Å². The number of alkyl halides is 2. The Kier molecular flexibility index (Phi) is 7.72. The summed E-state index contributed by atoms with van der Waals surface area (Å²) >= 11 is 6.45. The Hall–Kier alpha value is -3.82. The van der Waals surface area contributed by atoms with Gasteiger partial charge < -0.3 is 9.64 Å². The summed E-state index contributed by atoms with van der Waals surface area (Å²) in [6, 6.07) is 19.9. The van der Waals surface area contributed by atoms with E-state index in [1.165, 1.54) is 4.90 Å². The molecule has 0 spiro atoms. The van der Waals surface area contributed by atoms with Crippen molar-refractivity contribution in [3.8, 4) is 11.1 Å². The number of benzene rings is 3. The molecule has 4 aromatic rings. The summed E-state index contributed by atoms with van der Waals surface area (Å²) in [6.07, 6.45) is -2.55. The lowest BCUT2D eigenvalue weighted by molar-refractivity contribution is 0.0667. The van der Waals surface area contributed by atoms with E-state index in [0.717, 1.165) is 22.3 Å². The third-order valence-corrected chi connectivity index (χ3v) is 8.78. The highest BCUT2D eigenvalue weighted by Crippen LogP contribution is 2.45. The van der Waals surface area contributed by atoms with E-state index < -0.39 is 24.7 Å². The molecule has 1 aliphatic heterocycles. The first-order valence-corrected chi connectivity index (χ1v) is 14.4. The van der Waals surface area contributed by atoms with Gasteiger partial charge in [0.1, 0.15) is 5.82 Å². The number of piperidine rings is 1. The Morgan fingerprint density at radius 2 is 1.64 bits per heavy atom. The van der Waals surface area contributed by atoms with Crippen LogP contribution in [0.4, 0.5) is 13.6 Å². The molecule has 1 saturated heterocycles. The molecule has 2 aliphatic rings. The van der Waals surface area contributed by atoms with E-state index in [1.807, 2.05) is 48.5 Å². The van der Waals surface area contributed by atoms with Gasteiger partial charge in [0.05, 0.1) is 28.5 Å². The average molecular weight is 593 g/mol. The maximum absolute atomic E-state index is 13.9. The molecule has 1 atom stereocenters. The van der Waals surface area contributed by atoms with Gasteiger partial charge in [-0.25, -0.2) is 18.6 Å². The average Bonchev–Trinajstić information content (AvgIpc) is 3.30. The van der Waals surface area contributed by atoms with Crippen LogP contribution < -0.4 is 5.56 Å². The number of ether oxygens (including phenoxy) is 1. The Balaban J connectivity index is 1.33. The Morgan fingerprint density at radius 3 is 2.26 bits per heavy atom. The maximum atomic E-state index is 13.9. The molecule has 0 bridgehead atoms. The lowest BCUT2D eigenvalue weighted by Crippen LogP contribution is -2.42. The van der Waals surface area contributed by atoms with Crippen molar-refractivity contribution >= 4 is 28.6 Å². The van der Waals surface area contributed by atoms with Crippen LogP contribution in [-0.4, -0.2) is 58.6 Å². The van der Waals surface area contributed by atoms with E-state index in [0.29, 0.717) is 47.7 Å². The number of hydrogen-bond donors (Lipinski definition) is 0. The van der Waals surface area contributed by atoms with Gasteiger partial charge in [0.2, 0.25) is 0 Å². The summed E-state index contributed by atoms with van der Waals surface area (Å²) in [4.78, 5) is 35.6. The molecule has 1 aromatic heterocycles. The number of likely N-dealkylation sites (tertiary alicyclic amines) is 1. The lowest BCUT2D eigenvalue weighted by atomic mass is 10.0. The summed E-state index contributed by atoms with van der Waals surface area (Å²) in [5.74, 6) is 0.397. The molecule has 3 aromatic carbocycles. The summed E-state index contributed by atoms with van der Waals surface area (Å²) in [5.41, 5.74) is 4.02. The van der Waals surface area contributed by atoms with E-state index in [4.69, 9.17) is 21.3 Å². The van der Waals surface area contributed by atoms with E-state index in [2.05, 4.69) is 0 Å². The number of carbonyl (C=O) groups excluding carboxylic acids is 1. The number of amides is 1. The molecule has 0 N–H and O–H groups in total. The maximum Gasteiger partial charge on any atom is 0.411 e. The van der Waals surface area contributed by atoms with Gasteiger partial charge >= 0.3 is 6.09 Å².